The molecule has 1 heterocycles. The Kier molecular flexibility index (Phi) is 5.23. The van der Waals surface area contributed by atoms with Gasteiger partial charge in [-0.05, 0) is 42.0 Å². The van der Waals surface area contributed by atoms with Gasteiger partial charge in [-0.1, -0.05) is 22.0 Å². The van der Waals surface area contributed by atoms with Crippen LogP contribution >= 0.6 is 31.9 Å². The lowest BCUT2D eigenvalue weighted by Crippen LogP contribution is -2.22. The molecule has 0 spiro atoms. The van der Waals surface area contributed by atoms with Gasteiger partial charge in [0, 0.05) is 16.6 Å². The maximum atomic E-state index is 5.51. The van der Waals surface area contributed by atoms with E-state index in [9.17, 15) is 0 Å². The Bertz CT molecular complexity index is 598. The molecule has 1 aromatic heterocycles. The van der Waals surface area contributed by atoms with Crippen molar-refractivity contribution in [2.24, 2.45) is 0 Å². The van der Waals surface area contributed by atoms with E-state index in [0.29, 0.717) is 0 Å². The number of halogens is 2. The van der Waals surface area contributed by atoms with Crippen molar-refractivity contribution in [1.82, 2.24) is 15.1 Å². The molecule has 1 unspecified atom stereocenters. The van der Waals surface area contributed by atoms with E-state index in [1.165, 1.54) is 0 Å². The number of aromatic nitrogens is 2. The molecule has 1 N–H and O–H groups in total. The fourth-order valence-corrected chi connectivity index (χ4v) is 3.14. The largest absolute Gasteiger partial charge is 0.496 e. The zero-order valence-corrected chi connectivity index (χ0v) is 14.8. The van der Waals surface area contributed by atoms with Crippen LogP contribution in [0.2, 0.25) is 0 Å². The van der Waals surface area contributed by atoms with Gasteiger partial charge in [0.1, 0.15) is 5.75 Å². The second-order valence-electron chi connectivity index (χ2n) is 4.30. The average molecular weight is 403 g/mol. The number of ether oxygens (including phenoxy) is 1. The lowest BCUT2D eigenvalue weighted by molar-refractivity contribution is 0.403. The highest BCUT2D eigenvalue weighted by Gasteiger charge is 2.23. The van der Waals surface area contributed by atoms with Gasteiger partial charge in [-0.25, -0.2) is 0 Å². The minimum Gasteiger partial charge on any atom is -0.496 e. The van der Waals surface area contributed by atoms with Crippen molar-refractivity contribution in [3.05, 3.63) is 44.6 Å². The first kappa shape index (κ1) is 15.5. The zero-order chi connectivity index (χ0) is 14.7. The molecule has 0 amide bonds. The van der Waals surface area contributed by atoms with Gasteiger partial charge in [0.05, 0.1) is 29.5 Å². The summed E-state index contributed by atoms with van der Waals surface area (Å²) in [4.78, 5) is 0. The van der Waals surface area contributed by atoms with Crippen LogP contribution in [0.15, 0.2) is 33.3 Å². The van der Waals surface area contributed by atoms with E-state index >= 15 is 0 Å². The van der Waals surface area contributed by atoms with Crippen molar-refractivity contribution in [1.29, 1.82) is 0 Å². The second kappa shape index (κ2) is 6.74. The van der Waals surface area contributed by atoms with Gasteiger partial charge in [-0.15, -0.1) is 0 Å². The number of benzene rings is 1. The molecule has 2 aromatic rings. The third-order valence-corrected chi connectivity index (χ3v) is 4.31. The number of rotatable bonds is 5. The molecule has 20 heavy (non-hydrogen) atoms. The highest BCUT2D eigenvalue weighted by molar-refractivity contribution is 9.10. The van der Waals surface area contributed by atoms with E-state index in [0.717, 1.165) is 32.5 Å². The molecule has 4 nitrogen and oxygen atoms in total. The fraction of sp³-hybridized carbons (Fsp3) is 0.357. The predicted octanol–water partition coefficient (Wildman–Crippen LogP) is 3.75. The highest BCUT2D eigenvalue weighted by Crippen LogP contribution is 2.35. The number of hydrogen-bond donors (Lipinski definition) is 1. The fourth-order valence-electron chi connectivity index (χ4n) is 2.27. The number of aryl methyl sites for hydroxylation is 1. The summed E-state index contributed by atoms with van der Waals surface area (Å²) in [6, 6.07) is 6.06. The van der Waals surface area contributed by atoms with Crippen molar-refractivity contribution in [2.75, 3.05) is 14.2 Å². The molecule has 0 radical (unpaired) electrons. The van der Waals surface area contributed by atoms with Crippen LogP contribution in [0.3, 0.4) is 0 Å². The molecule has 2 rings (SSSR count). The van der Waals surface area contributed by atoms with Gasteiger partial charge < -0.3 is 10.1 Å². The molecular formula is C14H17Br2N3O. The SMILES string of the molecule is CCn1ncc(Br)c1C(NC)c1ccc(Br)cc1OC. The third kappa shape index (κ3) is 2.92. The predicted molar refractivity (Wildman–Crippen MR) is 87.2 cm³/mol. The van der Waals surface area contributed by atoms with E-state index in [2.05, 4.69) is 55.3 Å². The van der Waals surface area contributed by atoms with E-state index in [4.69, 9.17) is 4.74 Å². The smallest absolute Gasteiger partial charge is 0.125 e. The van der Waals surface area contributed by atoms with Crippen LogP contribution in [0, 0.1) is 0 Å². The summed E-state index contributed by atoms with van der Waals surface area (Å²) < 4.78 is 9.47. The zero-order valence-electron chi connectivity index (χ0n) is 11.7. The van der Waals surface area contributed by atoms with Crippen molar-refractivity contribution in [3.8, 4) is 5.75 Å². The van der Waals surface area contributed by atoms with Gasteiger partial charge in [-0.3, -0.25) is 4.68 Å². The first-order valence-electron chi connectivity index (χ1n) is 6.34. The van der Waals surface area contributed by atoms with Gasteiger partial charge in [0.2, 0.25) is 0 Å². The van der Waals surface area contributed by atoms with Gasteiger partial charge in [0.15, 0.2) is 0 Å². The Morgan fingerprint density at radius 1 is 1.40 bits per heavy atom. The number of nitrogens with one attached hydrogen (secondary N) is 1. The Hall–Kier alpha value is -0.850. The van der Waals surface area contributed by atoms with Crippen LogP contribution in [0.25, 0.3) is 0 Å². The van der Waals surface area contributed by atoms with E-state index in [1.807, 2.05) is 30.1 Å². The Labute approximate surface area is 135 Å². The minimum atomic E-state index is 0.00914. The van der Waals surface area contributed by atoms with Gasteiger partial charge in [0.25, 0.3) is 0 Å². The first-order chi connectivity index (χ1) is 9.62. The van der Waals surface area contributed by atoms with Crippen molar-refractivity contribution in [2.45, 2.75) is 19.5 Å². The molecule has 0 fully saturated rings. The standard InChI is InChI=1S/C14H17Br2N3O/c1-4-19-14(11(16)8-18-19)13(17-2)10-6-5-9(15)7-12(10)20-3/h5-8,13,17H,4H2,1-3H3. The van der Waals surface area contributed by atoms with Gasteiger partial charge >= 0.3 is 0 Å². The number of nitrogens with zero attached hydrogens (tertiary/aromatic N) is 2. The minimum absolute atomic E-state index is 0.00914. The molecular weight excluding hydrogens is 386 g/mol. The maximum absolute atomic E-state index is 5.51. The summed E-state index contributed by atoms with van der Waals surface area (Å²) in [5.41, 5.74) is 2.17. The quantitative estimate of drug-likeness (QED) is 0.827. The lowest BCUT2D eigenvalue weighted by Gasteiger charge is -2.21. The third-order valence-electron chi connectivity index (χ3n) is 3.20. The first-order valence-corrected chi connectivity index (χ1v) is 7.92. The molecule has 0 bridgehead atoms. The number of methoxy groups -OCH3 is 1. The van der Waals surface area contributed by atoms with E-state index in [-0.39, 0.29) is 6.04 Å². The summed E-state index contributed by atoms with van der Waals surface area (Å²) in [6.07, 6.45) is 1.83. The average Bonchev–Trinajstić information content (AvgIpc) is 2.82. The van der Waals surface area contributed by atoms with E-state index in [1.54, 1.807) is 7.11 Å². The van der Waals surface area contributed by atoms with Crippen molar-refractivity contribution < 1.29 is 4.74 Å². The van der Waals surface area contributed by atoms with Crippen molar-refractivity contribution >= 4 is 31.9 Å². The summed E-state index contributed by atoms with van der Waals surface area (Å²) in [5.74, 6) is 0.842. The highest BCUT2D eigenvalue weighted by atomic mass is 79.9. The van der Waals surface area contributed by atoms with Crippen LogP contribution in [-0.2, 0) is 6.54 Å². The summed E-state index contributed by atoms with van der Waals surface area (Å²) in [6.45, 7) is 2.90. The summed E-state index contributed by atoms with van der Waals surface area (Å²) in [5, 5.41) is 7.73. The topological polar surface area (TPSA) is 39.1 Å². The molecule has 0 aliphatic carbocycles. The Balaban J connectivity index is 2.55. The molecule has 0 saturated carbocycles. The van der Waals surface area contributed by atoms with Crippen LogP contribution < -0.4 is 10.1 Å². The van der Waals surface area contributed by atoms with Crippen LogP contribution in [-0.4, -0.2) is 23.9 Å². The Morgan fingerprint density at radius 3 is 2.75 bits per heavy atom. The van der Waals surface area contributed by atoms with Crippen LogP contribution in [0.5, 0.6) is 5.75 Å². The lowest BCUT2D eigenvalue weighted by atomic mass is 10.0. The van der Waals surface area contributed by atoms with Gasteiger partial charge in [-0.2, -0.15) is 5.10 Å². The second-order valence-corrected chi connectivity index (χ2v) is 6.07. The number of hydrogen-bond acceptors (Lipinski definition) is 3. The maximum Gasteiger partial charge on any atom is 0.125 e. The van der Waals surface area contributed by atoms with Crippen LogP contribution in [0.4, 0.5) is 0 Å². The Morgan fingerprint density at radius 2 is 2.15 bits per heavy atom. The summed E-state index contributed by atoms with van der Waals surface area (Å²) >= 11 is 7.06. The molecule has 108 valence electrons. The molecule has 0 aliphatic heterocycles. The molecule has 1 aromatic carbocycles. The molecule has 6 heteroatoms. The monoisotopic (exact) mass is 401 g/mol. The molecule has 0 saturated heterocycles. The molecule has 1 atom stereocenters. The normalized spacial score (nSPS) is 12.4. The van der Waals surface area contributed by atoms with E-state index < -0.39 is 0 Å². The van der Waals surface area contributed by atoms with Crippen LogP contribution in [0.1, 0.15) is 24.2 Å². The van der Waals surface area contributed by atoms with Crippen molar-refractivity contribution in [3.63, 3.8) is 0 Å². The summed E-state index contributed by atoms with van der Waals surface area (Å²) in [7, 11) is 3.62. The molecule has 0 aliphatic rings.